The van der Waals surface area contributed by atoms with Crippen LogP contribution in [-0.4, -0.2) is 31.2 Å². The fraction of sp³-hybridized carbons (Fsp3) is 0.889. The van der Waals surface area contributed by atoms with Gasteiger partial charge in [-0.15, -0.1) is 0 Å². The molecule has 1 aliphatic heterocycles. The molecule has 2 fully saturated rings. The minimum absolute atomic E-state index is 0.0133. The summed E-state index contributed by atoms with van der Waals surface area (Å²) in [6, 6.07) is 0. The van der Waals surface area contributed by atoms with Gasteiger partial charge in [0.25, 0.3) is 0 Å². The predicted molar refractivity (Wildman–Crippen MR) is 48.1 cm³/mol. The van der Waals surface area contributed by atoms with E-state index in [9.17, 15) is 4.79 Å². The Hall–Kier alpha value is -0.610. The highest BCUT2D eigenvalue weighted by Gasteiger charge is 2.45. The van der Waals surface area contributed by atoms with Crippen LogP contribution in [0.15, 0.2) is 0 Å². The van der Waals surface area contributed by atoms with E-state index in [4.69, 9.17) is 10.5 Å². The van der Waals surface area contributed by atoms with Gasteiger partial charge in [0, 0.05) is 19.1 Å². The first-order valence-corrected chi connectivity index (χ1v) is 4.86. The fourth-order valence-electron chi connectivity index (χ4n) is 1.52. The third-order valence-electron chi connectivity index (χ3n) is 2.82. The zero-order valence-corrected chi connectivity index (χ0v) is 7.71. The second-order valence-corrected chi connectivity index (χ2v) is 4.10. The Kier molecular flexibility index (Phi) is 2.26. The lowest BCUT2D eigenvalue weighted by Crippen LogP contribution is -2.44. The molecule has 4 nitrogen and oxygen atoms in total. The van der Waals surface area contributed by atoms with Crippen molar-refractivity contribution in [2.75, 3.05) is 19.8 Å². The van der Waals surface area contributed by atoms with Crippen LogP contribution in [0.5, 0.6) is 0 Å². The summed E-state index contributed by atoms with van der Waals surface area (Å²) in [5, 5.41) is 2.88. The van der Waals surface area contributed by atoms with Crippen molar-refractivity contribution in [1.82, 2.24) is 5.32 Å². The minimum Gasteiger partial charge on any atom is -0.381 e. The lowest BCUT2D eigenvalue weighted by molar-refractivity contribution is -0.123. The molecular weight excluding hydrogens is 168 g/mol. The third kappa shape index (κ3) is 2.00. The summed E-state index contributed by atoms with van der Waals surface area (Å²) in [5.74, 6) is 0.505. The molecule has 3 N–H and O–H groups in total. The van der Waals surface area contributed by atoms with Crippen LogP contribution >= 0.6 is 0 Å². The highest BCUT2D eigenvalue weighted by atomic mass is 16.5. The van der Waals surface area contributed by atoms with E-state index < -0.39 is 5.54 Å². The molecule has 74 valence electrons. The molecule has 4 heteroatoms. The molecule has 0 aromatic carbocycles. The van der Waals surface area contributed by atoms with Crippen LogP contribution in [0.1, 0.15) is 19.3 Å². The topological polar surface area (TPSA) is 64.4 Å². The Balaban J connectivity index is 1.69. The number of carbonyl (C=O) groups excluding carboxylic acids is 1. The van der Waals surface area contributed by atoms with Gasteiger partial charge in [0.05, 0.1) is 12.1 Å². The number of carbonyl (C=O) groups is 1. The molecule has 0 radical (unpaired) electrons. The number of rotatable bonds is 3. The highest BCUT2D eigenvalue weighted by molar-refractivity contribution is 5.88. The summed E-state index contributed by atoms with van der Waals surface area (Å²) < 4.78 is 5.21. The largest absolute Gasteiger partial charge is 0.381 e. The van der Waals surface area contributed by atoms with Crippen molar-refractivity contribution in [1.29, 1.82) is 0 Å². The van der Waals surface area contributed by atoms with E-state index in [1.54, 1.807) is 0 Å². The Morgan fingerprint density at radius 3 is 2.92 bits per heavy atom. The molecule has 0 aromatic rings. The molecule has 1 heterocycles. The molecule has 13 heavy (non-hydrogen) atoms. The van der Waals surface area contributed by atoms with Gasteiger partial charge < -0.3 is 15.8 Å². The number of hydrogen-bond acceptors (Lipinski definition) is 3. The van der Waals surface area contributed by atoms with Crippen LogP contribution in [0.4, 0.5) is 0 Å². The van der Waals surface area contributed by atoms with Crippen LogP contribution in [0.3, 0.4) is 0 Å². The van der Waals surface area contributed by atoms with E-state index in [0.717, 1.165) is 39.0 Å². The maximum atomic E-state index is 11.4. The van der Waals surface area contributed by atoms with Crippen LogP contribution in [-0.2, 0) is 9.53 Å². The molecule has 1 aliphatic carbocycles. The number of hydrogen-bond donors (Lipinski definition) is 2. The Morgan fingerprint density at radius 2 is 2.38 bits per heavy atom. The number of ether oxygens (including phenoxy) is 1. The van der Waals surface area contributed by atoms with Gasteiger partial charge in [-0.3, -0.25) is 4.79 Å². The van der Waals surface area contributed by atoms with Crippen LogP contribution in [0.25, 0.3) is 0 Å². The predicted octanol–water partition coefficient (Wildman–Crippen LogP) is -0.370. The average molecular weight is 184 g/mol. The molecule has 1 saturated heterocycles. The quantitative estimate of drug-likeness (QED) is 0.629. The van der Waals surface area contributed by atoms with Gasteiger partial charge >= 0.3 is 0 Å². The summed E-state index contributed by atoms with van der Waals surface area (Å²) in [6.45, 7) is 2.32. The molecule has 0 spiro atoms. The maximum absolute atomic E-state index is 11.4. The normalized spacial score (nSPS) is 30.1. The van der Waals surface area contributed by atoms with E-state index in [0.29, 0.717) is 5.92 Å². The first-order chi connectivity index (χ1) is 6.21. The molecule has 1 atom stereocenters. The molecule has 2 rings (SSSR count). The van der Waals surface area contributed by atoms with Crippen LogP contribution < -0.4 is 11.1 Å². The van der Waals surface area contributed by atoms with E-state index in [2.05, 4.69) is 5.32 Å². The SMILES string of the molecule is NC1(C(=O)NCC2CCOC2)CC1. The number of nitrogens with two attached hydrogens (primary N) is 1. The second kappa shape index (κ2) is 3.27. The standard InChI is InChI=1S/C9H16N2O2/c10-9(2-3-9)8(12)11-5-7-1-4-13-6-7/h7H,1-6,10H2,(H,11,12). The van der Waals surface area contributed by atoms with Crippen molar-refractivity contribution in [3.63, 3.8) is 0 Å². The van der Waals surface area contributed by atoms with Gasteiger partial charge in [-0.05, 0) is 19.3 Å². The Labute approximate surface area is 77.8 Å². The summed E-state index contributed by atoms with van der Waals surface area (Å²) in [5.41, 5.74) is 5.20. The molecular formula is C9H16N2O2. The third-order valence-corrected chi connectivity index (χ3v) is 2.82. The van der Waals surface area contributed by atoms with E-state index in [-0.39, 0.29) is 5.91 Å². The van der Waals surface area contributed by atoms with Crippen LogP contribution in [0.2, 0.25) is 0 Å². The van der Waals surface area contributed by atoms with E-state index in [1.165, 1.54) is 0 Å². The zero-order valence-electron chi connectivity index (χ0n) is 7.71. The fourth-order valence-corrected chi connectivity index (χ4v) is 1.52. The zero-order chi connectivity index (χ0) is 9.31. The van der Waals surface area contributed by atoms with Crippen molar-refractivity contribution >= 4 is 5.91 Å². The highest BCUT2D eigenvalue weighted by Crippen LogP contribution is 2.32. The van der Waals surface area contributed by atoms with Gasteiger partial charge in [-0.1, -0.05) is 0 Å². The van der Waals surface area contributed by atoms with Gasteiger partial charge in [0.1, 0.15) is 0 Å². The van der Waals surface area contributed by atoms with E-state index in [1.807, 2.05) is 0 Å². The summed E-state index contributed by atoms with van der Waals surface area (Å²) >= 11 is 0. The summed E-state index contributed by atoms with van der Waals surface area (Å²) in [4.78, 5) is 11.4. The number of nitrogens with one attached hydrogen (secondary N) is 1. The van der Waals surface area contributed by atoms with Gasteiger partial charge in [0.15, 0.2) is 0 Å². The van der Waals surface area contributed by atoms with Crippen LogP contribution in [0, 0.1) is 5.92 Å². The average Bonchev–Trinajstić information content (AvgIpc) is 2.70. The molecule has 1 unspecified atom stereocenters. The first-order valence-electron chi connectivity index (χ1n) is 4.86. The molecule has 0 bridgehead atoms. The first kappa shape index (κ1) is 8.97. The van der Waals surface area contributed by atoms with Crippen molar-refractivity contribution in [2.45, 2.75) is 24.8 Å². The van der Waals surface area contributed by atoms with Gasteiger partial charge in [-0.25, -0.2) is 0 Å². The van der Waals surface area contributed by atoms with Crippen molar-refractivity contribution in [3.05, 3.63) is 0 Å². The lowest BCUT2D eigenvalue weighted by atomic mass is 10.1. The van der Waals surface area contributed by atoms with Gasteiger partial charge in [0.2, 0.25) is 5.91 Å². The maximum Gasteiger partial charge on any atom is 0.240 e. The second-order valence-electron chi connectivity index (χ2n) is 4.10. The minimum atomic E-state index is -0.528. The molecule has 0 aromatic heterocycles. The van der Waals surface area contributed by atoms with Crippen molar-refractivity contribution < 1.29 is 9.53 Å². The van der Waals surface area contributed by atoms with E-state index >= 15 is 0 Å². The summed E-state index contributed by atoms with van der Waals surface area (Å²) in [6.07, 6.45) is 2.72. The number of amides is 1. The Bertz CT molecular complexity index is 208. The van der Waals surface area contributed by atoms with Gasteiger partial charge in [-0.2, -0.15) is 0 Å². The molecule has 1 saturated carbocycles. The smallest absolute Gasteiger partial charge is 0.240 e. The lowest BCUT2D eigenvalue weighted by Gasteiger charge is -2.12. The Morgan fingerprint density at radius 1 is 1.62 bits per heavy atom. The monoisotopic (exact) mass is 184 g/mol. The molecule has 2 aliphatic rings. The van der Waals surface area contributed by atoms with Crippen molar-refractivity contribution in [3.8, 4) is 0 Å². The summed E-state index contributed by atoms with van der Waals surface area (Å²) in [7, 11) is 0. The van der Waals surface area contributed by atoms with Crippen molar-refractivity contribution in [2.24, 2.45) is 11.7 Å². The molecule has 1 amide bonds.